The minimum absolute atomic E-state index is 0.720. The lowest BCUT2D eigenvalue weighted by Crippen LogP contribution is -2.01. The normalized spacial score (nSPS) is 10.8. The molecule has 0 aliphatic carbocycles. The lowest BCUT2D eigenvalue weighted by molar-refractivity contribution is 0.814. The van der Waals surface area contributed by atoms with Crippen LogP contribution in [0.3, 0.4) is 0 Å². The highest BCUT2D eigenvalue weighted by molar-refractivity contribution is 9.10. The van der Waals surface area contributed by atoms with E-state index in [4.69, 9.17) is 5.73 Å². The molecule has 0 atom stereocenters. The number of halogens is 1. The summed E-state index contributed by atoms with van der Waals surface area (Å²) in [6.45, 7) is 0.720. The van der Waals surface area contributed by atoms with Gasteiger partial charge in [0.15, 0.2) is 0 Å². The summed E-state index contributed by atoms with van der Waals surface area (Å²) in [5.74, 6) is 0. The number of hydrogen-bond acceptors (Lipinski definition) is 2. The van der Waals surface area contributed by atoms with Crippen LogP contribution < -0.4 is 5.73 Å². The largest absolute Gasteiger partial charge is 0.330 e. The van der Waals surface area contributed by atoms with Crippen LogP contribution in [-0.2, 0) is 6.42 Å². The summed E-state index contributed by atoms with van der Waals surface area (Å²) in [4.78, 5) is 4.59. The van der Waals surface area contributed by atoms with Gasteiger partial charge in [-0.3, -0.25) is 4.98 Å². The molecule has 2 N–H and O–H groups in total. The summed E-state index contributed by atoms with van der Waals surface area (Å²) >= 11 is 3.45. The minimum atomic E-state index is 0.720. The van der Waals surface area contributed by atoms with Gasteiger partial charge in [0.25, 0.3) is 0 Å². The summed E-state index contributed by atoms with van der Waals surface area (Å²) in [7, 11) is 0. The third-order valence-electron chi connectivity index (χ3n) is 2.35. The molecule has 0 amide bonds. The molecule has 1 aromatic heterocycles. The van der Waals surface area contributed by atoms with Gasteiger partial charge >= 0.3 is 0 Å². The second-order valence-electron chi connectivity index (χ2n) is 3.53. The van der Waals surface area contributed by atoms with Crippen molar-refractivity contribution < 1.29 is 0 Å². The van der Waals surface area contributed by atoms with E-state index in [1.807, 2.05) is 12.1 Å². The summed E-state index contributed by atoms with van der Waals surface area (Å²) in [6.07, 6.45) is 1.95. The zero-order valence-electron chi connectivity index (χ0n) is 8.41. The van der Waals surface area contributed by atoms with E-state index in [9.17, 15) is 0 Å². The number of aromatic nitrogens is 1. The van der Waals surface area contributed by atoms with E-state index >= 15 is 0 Å². The number of hydrogen-bond donors (Lipinski definition) is 1. The van der Waals surface area contributed by atoms with Crippen LogP contribution in [0.15, 0.2) is 34.8 Å². The van der Waals surface area contributed by atoms with Gasteiger partial charge in [0.2, 0.25) is 0 Å². The van der Waals surface area contributed by atoms with E-state index in [1.54, 1.807) is 0 Å². The molecule has 78 valence electrons. The number of nitrogens with two attached hydrogens (primary N) is 1. The molecular formula is C12H13BrN2. The first-order valence-corrected chi connectivity index (χ1v) is 5.84. The maximum absolute atomic E-state index is 5.48. The second-order valence-corrected chi connectivity index (χ2v) is 4.45. The molecule has 2 rings (SSSR count). The van der Waals surface area contributed by atoms with Gasteiger partial charge in [0, 0.05) is 15.6 Å². The molecule has 0 aliphatic rings. The lowest BCUT2D eigenvalue weighted by atomic mass is 10.1. The Bertz CT molecular complexity index is 468. The first kappa shape index (κ1) is 10.6. The highest BCUT2D eigenvalue weighted by atomic mass is 79.9. The average molecular weight is 265 g/mol. The highest BCUT2D eigenvalue weighted by Gasteiger charge is 1.98. The molecule has 0 aliphatic heterocycles. The molecule has 3 heteroatoms. The molecule has 2 aromatic rings. The maximum Gasteiger partial charge on any atom is 0.0716 e. The van der Waals surface area contributed by atoms with Crippen LogP contribution >= 0.6 is 15.9 Å². The SMILES string of the molecule is NCCCc1ccc2ccc(Br)cc2n1. The fourth-order valence-electron chi connectivity index (χ4n) is 1.55. The van der Waals surface area contributed by atoms with Gasteiger partial charge < -0.3 is 5.73 Å². The van der Waals surface area contributed by atoms with Gasteiger partial charge in [0.1, 0.15) is 0 Å². The van der Waals surface area contributed by atoms with E-state index in [-0.39, 0.29) is 0 Å². The fourth-order valence-corrected chi connectivity index (χ4v) is 1.90. The van der Waals surface area contributed by atoms with Crippen LogP contribution in [0.1, 0.15) is 12.1 Å². The Labute approximate surface area is 97.6 Å². The summed E-state index contributed by atoms with van der Waals surface area (Å²) in [5, 5.41) is 1.18. The summed E-state index contributed by atoms with van der Waals surface area (Å²) in [5.41, 5.74) is 7.64. The van der Waals surface area contributed by atoms with Gasteiger partial charge in [-0.1, -0.05) is 28.1 Å². The molecule has 0 saturated carbocycles. The van der Waals surface area contributed by atoms with E-state index in [2.05, 4.69) is 39.1 Å². The molecule has 15 heavy (non-hydrogen) atoms. The Morgan fingerprint density at radius 1 is 1.20 bits per heavy atom. The number of rotatable bonds is 3. The summed E-state index contributed by atoms with van der Waals surface area (Å²) in [6, 6.07) is 10.3. The van der Waals surface area contributed by atoms with Crippen molar-refractivity contribution in [3.63, 3.8) is 0 Å². The Morgan fingerprint density at radius 3 is 2.80 bits per heavy atom. The van der Waals surface area contributed by atoms with Crippen molar-refractivity contribution in [1.29, 1.82) is 0 Å². The molecule has 1 heterocycles. The molecule has 1 aromatic carbocycles. The minimum Gasteiger partial charge on any atom is -0.330 e. The zero-order chi connectivity index (χ0) is 10.7. The monoisotopic (exact) mass is 264 g/mol. The van der Waals surface area contributed by atoms with Crippen LogP contribution in [0.5, 0.6) is 0 Å². The molecule has 0 radical (unpaired) electrons. The number of benzene rings is 1. The van der Waals surface area contributed by atoms with Gasteiger partial charge in [-0.25, -0.2) is 0 Å². The van der Waals surface area contributed by atoms with Crippen LogP contribution in [0.4, 0.5) is 0 Å². The van der Waals surface area contributed by atoms with E-state index in [0.717, 1.165) is 35.1 Å². The standard InChI is InChI=1S/C12H13BrN2/c13-10-5-3-9-4-6-11(2-1-7-14)15-12(9)8-10/h3-6,8H,1-2,7,14H2. The molecule has 2 nitrogen and oxygen atoms in total. The number of nitrogens with zero attached hydrogens (tertiary/aromatic N) is 1. The predicted molar refractivity (Wildman–Crippen MR) is 66.8 cm³/mol. The quantitative estimate of drug-likeness (QED) is 0.926. The number of fused-ring (bicyclic) bond motifs is 1. The number of pyridine rings is 1. The Morgan fingerprint density at radius 2 is 2.00 bits per heavy atom. The third-order valence-corrected chi connectivity index (χ3v) is 2.84. The van der Waals surface area contributed by atoms with Crippen LogP contribution in [-0.4, -0.2) is 11.5 Å². The highest BCUT2D eigenvalue weighted by Crippen LogP contribution is 2.18. The van der Waals surface area contributed by atoms with Crippen molar-refractivity contribution in [2.75, 3.05) is 6.54 Å². The van der Waals surface area contributed by atoms with Crippen molar-refractivity contribution in [2.24, 2.45) is 5.73 Å². The molecule has 0 spiro atoms. The third kappa shape index (κ3) is 2.55. The average Bonchev–Trinajstić information content (AvgIpc) is 2.25. The Balaban J connectivity index is 2.36. The van der Waals surface area contributed by atoms with E-state index in [1.165, 1.54) is 5.39 Å². The van der Waals surface area contributed by atoms with Crippen LogP contribution in [0, 0.1) is 0 Å². The molecule has 0 unspecified atom stereocenters. The summed E-state index contributed by atoms with van der Waals surface area (Å²) < 4.78 is 1.07. The first-order chi connectivity index (χ1) is 7.29. The zero-order valence-corrected chi connectivity index (χ0v) is 10.00. The van der Waals surface area contributed by atoms with E-state index in [0.29, 0.717) is 0 Å². The van der Waals surface area contributed by atoms with Gasteiger partial charge in [0.05, 0.1) is 5.52 Å². The molecule has 0 saturated heterocycles. The Kier molecular flexibility index (Phi) is 3.34. The molecule has 0 fully saturated rings. The van der Waals surface area contributed by atoms with Crippen LogP contribution in [0.25, 0.3) is 10.9 Å². The van der Waals surface area contributed by atoms with Crippen molar-refractivity contribution in [1.82, 2.24) is 4.98 Å². The van der Waals surface area contributed by atoms with Crippen molar-refractivity contribution in [3.8, 4) is 0 Å². The predicted octanol–water partition coefficient (Wildman–Crippen LogP) is 2.89. The molecular weight excluding hydrogens is 252 g/mol. The first-order valence-electron chi connectivity index (χ1n) is 5.05. The topological polar surface area (TPSA) is 38.9 Å². The van der Waals surface area contributed by atoms with Crippen molar-refractivity contribution >= 4 is 26.8 Å². The van der Waals surface area contributed by atoms with Gasteiger partial charge in [-0.05, 0) is 37.6 Å². The van der Waals surface area contributed by atoms with Crippen LogP contribution in [0.2, 0.25) is 0 Å². The smallest absolute Gasteiger partial charge is 0.0716 e. The fraction of sp³-hybridized carbons (Fsp3) is 0.250. The van der Waals surface area contributed by atoms with Gasteiger partial charge in [-0.2, -0.15) is 0 Å². The van der Waals surface area contributed by atoms with Gasteiger partial charge in [-0.15, -0.1) is 0 Å². The second kappa shape index (κ2) is 4.73. The lowest BCUT2D eigenvalue weighted by Gasteiger charge is -2.02. The molecule has 0 bridgehead atoms. The maximum atomic E-state index is 5.48. The van der Waals surface area contributed by atoms with Crippen molar-refractivity contribution in [3.05, 3.63) is 40.5 Å². The Hall–Kier alpha value is -0.930. The van der Waals surface area contributed by atoms with E-state index < -0.39 is 0 Å². The van der Waals surface area contributed by atoms with Crippen molar-refractivity contribution in [2.45, 2.75) is 12.8 Å². The number of aryl methyl sites for hydroxylation is 1.